The van der Waals surface area contributed by atoms with Crippen LogP contribution >= 0.6 is 0 Å². The quantitative estimate of drug-likeness (QED) is 0.519. The lowest BCUT2D eigenvalue weighted by Crippen LogP contribution is -1.89. The summed E-state index contributed by atoms with van der Waals surface area (Å²) in [4.78, 5) is 0. The maximum atomic E-state index is 5.43. The third-order valence-corrected chi connectivity index (χ3v) is 1.62. The summed E-state index contributed by atoms with van der Waals surface area (Å²) in [5, 5.41) is 0. The molecule has 16 heavy (non-hydrogen) atoms. The minimum atomic E-state index is 0.659. The van der Waals surface area contributed by atoms with E-state index >= 15 is 0 Å². The zero-order valence-electron chi connectivity index (χ0n) is 10.8. The Morgan fingerprint density at radius 1 is 1.25 bits per heavy atom. The molecule has 0 fully saturated rings. The lowest BCUT2D eigenvalue weighted by atomic mass is 10.2. The average Bonchev–Trinajstić information content (AvgIpc) is 2.23. The zero-order chi connectivity index (χ0) is 12.4. The largest absolute Gasteiger partial charge is 0.458 e. The van der Waals surface area contributed by atoms with Gasteiger partial charge in [-0.2, -0.15) is 0 Å². The van der Waals surface area contributed by atoms with Gasteiger partial charge < -0.3 is 4.74 Å². The number of rotatable bonds is 3. The molecule has 0 saturated heterocycles. The molecule has 0 radical (unpaired) electrons. The summed E-state index contributed by atoms with van der Waals surface area (Å²) in [6.07, 6.45) is 4.98. The maximum Gasteiger partial charge on any atom is 0.127 e. The highest BCUT2D eigenvalue weighted by Gasteiger charge is 1.93. The van der Waals surface area contributed by atoms with Gasteiger partial charge in [-0.25, -0.2) is 0 Å². The van der Waals surface area contributed by atoms with Crippen molar-refractivity contribution in [2.24, 2.45) is 0 Å². The molecule has 1 aromatic carbocycles. The van der Waals surface area contributed by atoms with Gasteiger partial charge in [0.05, 0.1) is 0 Å². The zero-order valence-corrected chi connectivity index (χ0v) is 10.8. The SMILES string of the molecule is C=C(/C=C\C)Oc1ccc(C)cc1.CCC. The van der Waals surface area contributed by atoms with Crippen molar-refractivity contribution in [1.82, 2.24) is 0 Å². The van der Waals surface area contributed by atoms with Gasteiger partial charge in [0, 0.05) is 0 Å². The summed E-state index contributed by atoms with van der Waals surface area (Å²) in [6, 6.07) is 7.89. The van der Waals surface area contributed by atoms with Crippen LogP contribution in [0.25, 0.3) is 0 Å². The van der Waals surface area contributed by atoms with E-state index in [2.05, 4.69) is 20.4 Å². The predicted molar refractivity (Wildman–Crippen MR) is 71.7 cm³/mol. The van der Waals surface area contributed by atoms with E-state index in [-0.39, 0.29) is 0 Å². The predicted octanol–water partition coefficient (Wildman–Crippen LogP) is 4.88. The summed E-state index contributed by atoms with van der Waals surface area (Å²) in [7, 11) is 0. The molecule has 1 aromatic rings. The van der Waals surface area contributed by atoms with Crippen LogP contribution in [0, 0.1) is 6.92 Å². The van der Waals surface area contributed by atoms with Gasteiger partial charge in [-0.15, -0.1) is 0 Å². The van der Waals surface area contributed by atoms with Crippen LogP contribution in [-0.4, -0.2) is 0 Å². The van der Waals surface area contributed by atoms with Crippen molar-refractivity contribution in [3.05, 3.63) is 54.3 Å². The Bertz CT molecular complexity index is 320. The first kappa shape index (κ1) is 14.5. The lowest BCUT2D eigenvalue weighted by molar-refractivity contribution is 0.447. The Labute approximate surface area is 99.5 Å². The standard InChI is InChI=1S/C12H14O.C3H8/c1-4-5-11(3)13-12-8-6-10(2)7-9-12;1-3-2/h4-9H,3H2,1-2H3;3H2,1-2H3/b5-4-;. The third-order valence-electron chi connectivity index (χ3n) is 1.62. The summed E-state index contributed by atoms with van der Waals surface area (Å²) in [6.45, 7) is 12.0. The first-order chi connectivity index (χ1) is 7.63. The van der Waals surface area contributed by atoms with Gasteiger partial charge >= 0.3 is 0 Å². The minimum Gasteiger partial charge on any atom is -0.458 e. The van der Waals surface area contributed by atoms with E-state index in [1.165, 1.54) is 12.0 Å². The molecule has 0 atom stereocenters. The highest BCUT2D eigenvalue weighted by atomic mass is 16.5. The van der Waals surface area contributed by atoms with E-state index in [4.69, 9.17) is 4.74 Å². The molecule has 0 unspecified atom stereocenters. The molecule has 88 valence electrons. The molecule has 0 heterocycles. The van der Waals surface area contributed by atoms with Crippen molar-refractivity contribution < 1.29 is 4.74 Å². The van der Waals surface area contributed by atoms with Crippen molar-refractivity contribution in [3.8, 4) is 5.75 Å². The number of ether oxygens (including phenoxy) is 1. The molecule has 0 bridgehead atoms. The first-order valence-corrected chi connectivity index (χ1v) is 5.70. The normalized spacial score (nSPS) is 9.50. The van der Waals surface area contributed by atoms with E-state index in [0.717, 1.165) is 5.75 Å². The Morgan fingerprint density at radius 3 is 2.19 bits per heavy atom. The topological polar surface area (TPSA) is 9.23 Å². The fraction of sp³-hybridized carbons (Fsp3) is 0.333. The van der Waals surface area contributed by atoms with E-state index in [0.29, 0.717) is 5.76 Å². The van der Waals surface area contributed by atoms with E-state index < -0.39 is 0 Å². The molecule has 0 aromatic heterocycles. The highest BCUT2D eigenvalue weighted by molar-refractivity contribution is 5.28. The van der Waals surface area contributed by atoms with Crippen LogP contribution in [0.5, 0.6) is 5.75 Å². The van der Waals surface area contributed by atoms with Crippen molar-refractivity contribution in [1.29, 1.82) is 0 Å². The first-order valence-electron chi connectivity index (χ1n) is 5.70. The van der Waals surface area contributed by atoms with Gasteiger partial charge in [-0.3, -0.25) is 0 Å². The van der Waals surface area contributed by atoms with Crippen LogP contribution in [0.2, 0.25) is 0 Å². The number of hydrogen-bond acceptors (Lipinski definition) is 1. The van der Waals surface area contributed by atoms with Gasteiger partial charge in [-0.05, 0) is 32.1 Å². The van der Waals surface area contributed by atoms with Gasteiger partial charge in [0.25, 0.3) is 0 Å². The number of aryl methyl sites for hydroxylation is 1. The molecule has 0 aliphatic carbocycles. The van der Waals surface area contributed by atoms with Crippen molar-refractivity contribution in [2.75, 3.05) is 0 Å². The smallest absolute Gasteiger partial charge is 0.127 e. The van der Waals surface area contributed by atoms with Gasteiger partial charge in [0.2, 0.25) is 0 Å². The summed E-state index contributed by atoms with van der Waals surface area (Å²) >= 11 is 0. The van der Waals surface area contributed by atoms with E-state index in [9.17, 15) is 0 Å². The summed E-state index contributed by atoms with van der Waals surface area (Å²) in [5.41, 5.74) is 1.23. The Morgan fingerprint density at radius 2 is 1.75 bits per heavy atom. The Kier molecular flexibility index (Phi) is 7.96. The lowest BCUT2D eigenvalue weighted by Gasteiger charge is -2.04. The van der Waals surface area contributed by atoms with Gasteiger partial charge in [-0.1, -0.05) is 50.6 Å². The van der Waals surface area contributed by atoms with E-state index in [1.54, 1.807) is 0 Å². The molecule has 0 saturated carbocycles. The highest BCUT2D eigenvalue weighted by Crippen LogP contribution is 2.14. The van der Waals surface area contributed by atoms with Crippen LogP contribution < -0.4 is 4.74 Å². The van der Waals surface area contributed by atoms with Gasteiger partial charge in [0.1, 0.15) is 11.5 Å². The van der Waals surface area contributed by atoms with Crippen molar-refractivity contribution in [2.45, 2.75) is 34.1 Å². The third kappa shape index (κ3) is 6.88. The molecular weight excluding hydrogens is 196 g/mol. The molecule has 1 nitrogen and oxygen atoms in total. The van der Waals surface area contributed by atoms with Gasteiger partial charge in [0.15, 0.2) is 0 Å². The number of hydrogen-bond donors (Lipinski definition) is 0. The van der Waals surface area contributed by atoms with Crippen LogP contribution in [-0.2, 0) is 0 Å². The van der Waals surface area contributed by atoms with E-state index in [1.807, 2.05) is 50.3 Å². The molecule has 1 heteroatoms. The van der Waals surface area contributed by atoms with Crippen LogP contribution in [0.1, 0.15) is 32.8 Å². The monoisotopic (exact) mass is 218 g/mol. The second-order valence-corrected chi connectivity index (χ2v) is 3.59. The van der Waals surface area contributed by atoms with Crippen molar-refractivity contribution in [3.63, 3.8) is 0 Å². The second-order valence-electron chi connectivity index (χ2n) is 3.59. The molecular formula is C15H22O. The number of benzene rings is 1. The minimum absolute atomic E-state index is 0.659. The van der Waals surface area contributed by atoms with Crippen LogP contribution in [0.4, 0.5) is 0 Å². The van der Waals surface area contributed by atoms with Crippen LogP contribution in [0.15, 0.2) is 48.8 Å². The Balaban J connectivity index is 0.000000673. The van der Waals surface area contributed by atoms with Crippen molar-refractivity contribution >= 4 is 0 Å². The molecule has 0 aliphatic rings. The molecule has 0 spiro atoms. The average molecular weight is 218 g/mol. The maximum absolute atomic E-state index is 5.43. The molecule has 0 aliphatic heterocycles. The number of allylic oxidation sites excluding steroid dienone is 2. The Hall–Kier alpha value is -1.50. The van der Waals surface area contributed by atoms with Crippen LogP contribution in [0.3, 0.4) is 0 Å². The summed E-state index contributed by atoms with van der Waals surface area (Å²) in [5.74, 6) is 1.49. The molecule has 0 N–H and O–H groups in total. The fourth-order valence-corrected chi connectivity index (χ4v) is 0.978. The second kappa shape index (κ2) is 8.78. The molecule has 0 amide bonds. The molecule has 1 rings (SSSR count). The summed E-state index contributed by atoms with van der Waals surface area (Å²) < 4.78 is 5.43. The fourth-order valence-electron chi connectivity index (χ4n) is 0.978.